The summed E-state index contributed by atoms with van der Waals surface area (Å²) in [5.41, 5.74) is -0.329. The van der Waals surface area contributed by atoms with Gasteiger partial charge in [0.25, 0.3) is 5.60 Å². The molecule has 2 aliphatic rings. The molecule has 0 aromatic heterocycles. The molecule has 198 valence electrons. The smallest absolute Gasteiger partial charge is 0.432 e. The number of allylic oxidation sites excluding steroid dienone is 3. The molecule has 0 heterocycles. The van der Waals surface area contributed by atoms with E-state index in [0.717, 1.165) is 32.8 Å². The van der Waals surface area contributed by atoms with Gasteiger partial charge in [-0.1, -0.05) is 74.1 Å². The first-order valence-corrected chi connectivity index (χ1v) is 12.8. The summed E-state index contributed by atoms with van der Waals surface area (Å²) in [7, 11) is 0.889. The zero-order valence-corrected chi connectivity index (χ0v) is 22.0. The topological polar surface area (TPSA) is 35.5 Å². The number of carbonyl (C=O) groups is 1. The summed E-state index contributed by atoms with van der Waals surface area (Å²) in [5.74, 6) is -0.0593. The minimum absolute atomic E-state index is 0.150. The molecule has 0 N–H and O–H groups in total. The van der Waals surface area contributed by atoms with E-state index in [4.69, 9.17) is 9.47 Å². The Balaban J connectivity index is 1.85. The first-order valence-electron chi connectivity index (χ1n) is 12.8. The lowest BCUT2D eigenvalue weighted by atomic mass is 9.62. The van der Waals surface area contributed by atoms with Gasteiger partial charge in [-0.25, -0.2) is 4.79 Å². The third-order valence-corrected chi connectivity index (χ3v) is 7.99. The number of benzene rings is 1. The van der Waals surface area contributed by atoms with E-state index in [-0.39, 0.29) is 11.5 Å². The van der Waals surface area contributed by atoms with Crippen LogP contribution >= 0.6 is 0 Å². The predicted molar refractivity (Wildman–Crippen MR) is 136 cm³/mol. The second-order valence-electron chi connectivity index (χ2n) is 10.7. The van der Waals surface area contributed by atoms with Crippen molar-refractivity contribution >= 4 is 5.97 Å². The summed E-state index contributed by atoms with van der Waals surface area (Å²) >= 11 is 0. The van der Waals surface area contributed by atoms with Crippen molar-refractivity contribution in [3.8, 4) is 0 Å². The van der Waals surface area contributed by atoms with Gasteiger partial charge < -0.3 is 9.47 Å². The molecular formula is C30H39F3O3. The van der Waals surface area contributed by atoms with Gasteiger partial charge in [0.05, 0.1) is 0 Å². The number of esters is 1. The molecule has 0 radical (unpaired) electrons. The van der Waals surface area contributed by atoms with Gasteiger partial charge in [0, 0.05) is 12.7 Å². The number of halogens is 3. The molecule has 1 aromatic rings. The minimum atomic E-state index is -5.00. The summed E-state index contributed by atoms with van der Waals surface area (Å²) in [6.07, 6.45) is 3.13. The van der Waals surface area contributed by atoms with Crippen molar-refractivity contribution in [3.63, 3.8) is 0 Å². The zero-order chi connectivity index (χ0) is 26.7. The highest BCUT2D eigenvalue weighted by Crippen LogP contribution is 2.49. The molecule has 6 atom stereocenters. The maximum atomic E-state index is 14.3. The van der Waals surface area contributed by atoms with Crippen LogP contribution in [0, 0.1) is 23.7 Å². The van der Waals surface area contributed by atoms with E-state index in [1.165, 1.54) is 35.4 Å². The average molecular weight is 505 g/mol. The predicted octanol–water partition coefficient (Wildman–Crippen LogP) is 7.93. The summed E-state index contributed by atoms with van der Waals surface area (Å²) in [6, 6.07) is 6.94. The fourth-order valence-electron chi connectivity index (χ4n) is 5.86. The molecule has 3 rings (SSSR count). The van der Waals surface area contributed by atoms with Crippen molar-refractivity contribution in [3.05, 3.63) is 71.3 Å². The van der Waals surface area contributed by atoms with Crippen LogP contribution in [-0.4, -0.2) is 25.4 Å². The first kappa shape index (κ1) is 28.2. The fraction of sp³-hybridized carbons (Fsp3) is 0.567. The Bertz CT molecular complexity index is 990. The van der Waals surface area contributed by atoms with E-state index in [0.29, 0.717) is 29.7 Å². The lowest BCUT2D eigenvalue weighted by Crippen LogP contribution is -2.53. The van der Waals surface area contributed by atoms with E-state index in [9.17, 15) is 18.0 Å². The van der Waals surface area contributed by atoms with Crippen LogP contribution in [0.25, 0.3) is 0 Å². The van der Waals surface area contributed by atoms with Crippen LogP contribution in [0.3, 0.4) is 0 Å². The third-order valence-electron chi connectivity index (χ3n) is 7.99. The van der Waals surface area contributed by atoms with Gasteiger partial charge in [0.1, 0.15) is 6.10 Å². The molecule has 0 bridgehead atoms. The van der Waals surface area contributed by atoms with Crippen molar-refractivity contribution in [2.24, 2.45) is 23.7 Å². The van der Waals surface area contributed by atoms with Crippen LogP contribution in [0.15, 0.2) is 65.8 Å². The number of alkyl halides is 3. The average Bonchev–Trinajstić information content (AvgIpc) is 2.80. The summed E-state index contributed by atoms with van der Waals surface area (Å²) in [4.78, 5) is 13.2. The molecular weight excluding hydrogens is 465 g/mol. The van der Waals surface area contributed by atoms with Gasteiger partial charge in [0.15, 0.2) is 0 Å². The van der Waals surface area contributed by atoms with Gasteiger partial charge in [-0.05, 0) is 75.2 Å². The van der Waals surface area contributed by atoms with E-state index < -0.39 is 23.9 Å². The van der Waals surface area contributed by atoms with Crippen molar-refractivity contribution in [2.75, 3.05) is 7.11 Å². The van der Waals surface area contributed by atoms with E-state index >= 15 is 0 Å². The summed E-state index contributed by atoms with van der Waals surface area (Å²) in [6.45, 7) is 12.8. The molecule has 3 nitrogen and oxygen atoms in total. The normalized spacial score (nSPS) is 26.8. The number of fused-ring (bicyclic) bond motifs is 1. The standard InChI is InChI=1S/C30H39F3O3/c1-19(2)11-10-12-20(3)24-16-15-21(4)25-18-27(22(5)17-26(24)25)36-28(34)29(35-6,30(31,32)33)23-13-8-7-9-14-23/h7-9,11,13-14,17,20-21,24-25,27H,5,10,12,15-16,18H2,1-4,6H3/t20-,21-,24+,25-,27-,29+/m0/s1. The van der Waals surface area contributed by atoms with Crippen molar-refractivity contribution < 1.29 is 27.4 Å². The lowest BCUT2D eigenvalue weighted by molar-refractivity contribution is -0.277. The number of carbonyl (C=O) groups excluding carboxylic acids is 1. The Morgan fingerprint density at radius 1 is 1.19 bits per heavy atom. The number of methoxy groups -OCH3 is 1. The Labute approximate surface area is 213 Å². The van der Waals surface area contributed by atoms with Gasteiger partial charge >= 0.3 is 12.1 Å². The lowest BCUT2D eigenvalue weighted by Gasteiger charge is -2.44. The van der Waals surface area contributed by atoms with Gasteiger partial charge in [-0.3, -0.25) is 0 Å². The minimum Gasteiger partial charge on any atom is -0.455 e. The Morgan fingerprint density at radius 3 is 2.44 bits per heavy atom. The van der Waals surface area contributed by atoms with Gasteiger partial charge in [-0.15, -0.1) is 0 Å². The number of ether oxygens (including phenoxy) is 2. The van der Waals surface area contributed by atoms with Crippen LogP contribution in [0.5, 0.6) is 0 Å². The zero-order valence-electron chi connectivity index (χ0n) is 22.0. The van der Waals surface area contributed by atoms with Crippen molar-refractivity contribution in [2.45, 2.75) is 77.7 Å². The molecule has 2 aliphatic carbocycles. The monoisotopic (exact) mass is 504 g/mol. The highest BCUT2D eigenvalue weighted by molar-refractivity contribution is 5.83. The molecule has 6 heteroatoms. The SMILES string of the molecule is C=C1C=C2[C@@H](C[C@@H]1OC(=O)[C@](OC)(c1ccccc1)C(F)(F)F)[C@@H](C)CC[C@@H]2[C@@H](C)CCC=C(C)C. The molecule has 0 unspecified atom stereocenters. The second-order valence-corrected chi connectivity index (χ2v) is 10.7. The molecule has 0 spiro atoms. The number of rotatable bonds is 8. The Kier molecular flexibility index (Phi) is 8.92. The van der Waals surface area contributed by atoms with Crippen LogP contribution in [0.4, 0.5) is 13.2 Å². The number of hydrogen-bond donors (Lipinski definition) is 0. The van der Waals surface area contributed by atoms with Crippen molar-refractivity contribution in [1.82, 2.24) is 0 Å². The Morgan fingerprint density at radius 2 is 1.86 bits per heavy atom. The highest BCUT2D eigenvalue weighted by Gasteiger charge is 2.64. The Hall–Kier alpha value is -2.34. The van der Waals surface area contributed by atoms with Gasteiger partial charge in [0.2, 0.25) is 0 Å². The largest absolute Gasteiger partial charge is 0.455 e. The van der Waals surface area contributed by atoms with Crippen molar-refractivity contribution in [1.29, 1.82) is 0 Å². The van der Waals surface area contributed by atoms with Gasteiger partial charge in [-0.2, -0.15) is 13.2 Å². The quantitative estimate of drug-likeness (QED) is 0.266. The van der Waals surface area contributed by atoms with E-state index in [2.05, 4.69) is 40.3 Å². The van der Waals surface area contributed by atoms with Crippen LogP contribution in [0.1, 0.15) is 65.4 Å². The molecule has 1 saturated carbocycles. The molecule has 36 heavy (non-hydrogen) atoms. The van der Waals surface area contributed by atoms with E-state index in [1.807, 2.05) is 6.08 Å². The molecule has 1 aromatic carbocycles. The van der Waals surface area contributed by atoms with Crippen LogP contribution in [-0.2, 0) is 19.9 Å². The van der Waals surface area contributed by atoms with E-state index in [1.54, 1.807) is 6.07 Å². The summed E-state index contributed by atoms with van der Waals surface area (Å²) < 4.78 is 53.5. The maximum Gasteiger partial charge on any atom is 0.432 e. The maximum absolute atomic E-state index is 14.3. The molecule has 1 fully saturated rings. The highest BCUT2D eigenvalue weighted by atomic mass is 19.4. The first-order chi connectivity index (χ1) is 16.9. The molecule has 0 saturated heterocycles. The fourth-order valence-corrected chi connectivity index (χ4v) is 5.86. The number of hydrogen-bond acceptors (Lipinski definition) is 3. The van der Waals surface area contributed by atoms with Crippen LogP contribution < -0.4 is 0 Å². The summed E-state index contributed by atoms with van der Waals surface area (Å²) in [5, 5.41) is 0. The second kappa shape index (κ2) is 11.4. The van der Waals surface area contributed by atoms with Crippen LogP contribution in [0.2, 0.25) is 0 Å². The molecule has 0 aliphatic heterocycles. The third kappa shape index (κ3) is 5.64. The molecule has 0 amide bonds.